The van der Waals surface area contributed by atoms with Crippen LogP contribution < -0.4 is 20.9 Å². The van der Waals surface area contributed by atoms with Crippen LogP contribution in [0.2, 0.25) is 5.02 Å². The standard InChI is InChI=1S/C11H14ClN3O2S/c1-7(10(16)14-15-11(18)13-2)17-9-5-3-8(12)4-6-9/h3-7H,1-2H3,(H,14,16)(H2,13,15,18)/t7-/m1/s1. The molecule has 0 aliphatic carbocycles. The minimum Gasteiger partial charge on any atom is -0.481 e. The van der Waals surface area contributed by atoms with Gasteiger partial charge in [-0.05, 0) is 43.4 Å². The number of carbonyl (C=O) groups is 1. The van der Waals surface area contributed by atoms with Crippen molar-refractivity contribution in [3.63, 3.8) is 0 Å². The van der Waals surface area contributed by atoms with Crippen molar-refractivity contribution < 1.29 is 9.53 Å². The Bertz CT molecular complexity index is 425. The molecule has 0 aliphatic heterocycles. The average Bonchev–Trinajstić information content (AvgIpc) is 2.38. The summed E-state index contributed by atoms with van der Waals surface area (Å²) in [6.45, 7) is 1.63. The maximum Gasteiger partial charge on any atom is 0.279 e. The van der Waals surface area contributed by atoms with E-state index in [1.54, 1.807) is 38.2 Å². The largest absolute Gasteiger partial charge is 0.481 e. The Hall–Kier alpha value is -1.53. The van der Waals surface area contributed by atoms with Gasteiger partial charge in [-0.3, -0.25) is 15.6 Å². The average molecular weight is 288 g/mol. The molecule has 1 amide bonds. The lowest BCUT2D eigenvalue weighted by molar-refractivity contribution is -0.127. The molecule has 1 atom stereocenters. The molecule has 0 saturated heterocycles. The van der Waals surface area contributed by atoms with E-state index in [1.807, 2.05) is 0 Å². The molecule has 98 valence electrons. The van der Waals surface area contributed by atoms with Gasteiger partial charge in [0.25, 0.3) is 5.91 Å². The van der Waals surface area contributed by atoms with E-state index in [9.17, 15) is 4.79 Å². The van der Waals surface area contributed by atoms with Gasteiger partial charge in [0.05, 0.1) is 0 Å². The third kappa shape index (κ3) is 4.77. The van der Waals surface area contributed by atoms with Crippen LogP contribution in [0.1, 0.15) is 6.92 Å². The molecular weight excluding hydrogens is 274 g/mol. The zero-order chi connectivity index (χ0) is 13.5. The van der Waals surface area contributed by atoms with Crippen LogP contribution in [0, 0.1) is 0 Å². The quantitative estimate of drug-likeness (QED) is 0.577. The summed E-state index contributed by atoms with van der Waals surface area (Å²) in [5, 5.41) is 3.60. The molecule has 1 rings (SSSR count). The fraction of sp³-hybridized carbons (Fsp3) is 0.273. The Kier molecular flexibility index (Phi) is 5.67. The normalized spacial score (nSPS) is 11.3. The molecule has 3 N–H and O–H groups in total. The first kappa shape index (κ1) is 14.5. The summed E-state index contributed by atoms with van der Waals surface area (Å²) in [4.78, 5) is 11.6. The van der Waals surface area contributed by atoms with Gasteiger partial charge in [0.15, 0.2) is 11.2 Å². The van der Waals surface area contributed by atoms with Gasteiger partial charge < -0.3 is 10.1 Å². The number of benzene rings is 1. The Balaban J connectivity index is 2.44. The lowest BCUT2D eigenvalue weighted by Gasteiger charge is -2.15. The summed E-state index contributed by atoms with van der Waals surface area (Å²) in [6.07, 6.45) is -0.654. The van der Waals surface area contributed by atoms with Gasteiger partial charge in [-0.25, -0.2) is 0 Å². The van der Waals surface area contributed by atoms with Crippen molar-refractivity contribution in [1.82, 2.24) is 16.2 Å². The third-order valence-corrected chi connectivity index (χ3v) is 2.58. The van der Waals surface area contributed by atoms with Crippen molar-refractivity contribution in [3.8, 4) is 5.75 Å². The first-order valence-electron chi connectivity index (χ1n) is 5.22. The van der Waals surface area contributed by atoms with Crippen LogP contribution in [0.25, 0.3) is 0 Å². The molecular formula is C11H14ClN3O2S. The number of ether oxygens (including phenoxy) is 1. The zero-order valence-electron chi connectivity index (χ0n) is 9.99. The fourth-order valence-electron chi connectivity index (χ4n) is 1.05. The first-order valence-corrected chi connectivity index (χ1v) is 6.01. The summed E-state index contributed by atoms with van der Waals surface area (Å²) < 4.78 is 5.42. The molecule has 0 aliphatic rings. The third-order valence-electron chi connectivity index (χ3n) is 2.02. The highest BCUT2D eigenvalue weighted by atomic mass is 35.5. The van der Waals surface area contributed by atoms with Crippen LogP contribution >= 0.6 is 23.8 Å². The molecule has 0 fully saturated rings. The number of halogens is 1. The van der Waals surface area contributed by atoms with Crippen molar-refractivity contribution in [3.05, 3.63) is 29.3 Å². The molecule has 5 nitrogen and oxygen atoms in total. The number of carbonyl (C=O) groups excluding carboxylic acids is 1. The Morgan fingerprint density at radius 3 is 2.50 bits per heavy atom. The number of hydrogen-bond acceptors (Lipinski definition) is 3. The molecule has 0 spiro atoms. The summed E-state index contributed by atoms with van der Waals surface area (Å²) in [7, 11) is 1.65. The van der Waals surface area contributed by atoms with Crippen LogP contribution in [0.5, 0.6) is 5.75 Å². The van der Waals surface area contributed by atoms with E-state index in [4.69, 9.17) is 28.6 Å². The first-order chi connectivity index (χ1) is 8.52. The van der Waals surface area contributed by atoms with Gasteiger partial charge in [0.1, 0.15) is 5.75 Å². The topological polar surface area (TPSA) is 62.4 Å². The number of amides is 1. The summed E-state index contributed by atoms with van der Waals surface area (Å²) in [6, 6.07) is 6.77. The van der Waals surface area contributed by atoms with E-state index in [1.165, 1.54) is 0 Å². The molecule has 7 heteroatoms. The summed E-state index contributed by atoms with van der Waals surface area (Å²) in [5.41, 5.74) is 4.95. The Morgan fingerprint density at radius 1 is 1.33 bits per heavy atom. The molecule has 0 unspecified atom stereocenters. The van der Waals surface area contributed by atoms with E-state index in [0.717, 1.165) is 0 Å². The fourth-order valence-corrected chi connectivity index (χ4v) is 1.23. The number of nitrogens with one attached hydrogen (secondary N) is 3. The second-order valence-corrected chi connectivity index (χ2v) is 4.25. The molecule has 0 bridgehead atoms. The smallest absolute Gasteiger partial charge is 0.279 e. The van der Waals surface area contributed by atoms with Crippen LogP contribution in [-0.4, -0.2) is 24.2 Å². The highest BCUT2D eigenvalue weighted by Gasteiger charge is 2.14. The van der Waals surface area contributed by atoms with Crippen molar-refractivity contribution >= 4 is 34.8 Å². The van der Waals surface area contributed by atoms with Crippen molar-refractivity contribution in [2.24, 2.45) is 0 Å². The van der Waals surface area contributed by atoms with E-state index < -0.39 is 6.10 Å². The maximum atomic E-state index is 11.6. The van der Waals surface area contributed by atoms with Crippen LogP contribution in [0.3, 0.4) is 0 Å². The molecule has 0 radical (unpaired) electrons. The van der Waals surface area contributed by atoms with Crippen LogP contribution in [0.4, 0.5) is 0 Å². The SMILES string of the molecule is CNC(=S)NNC(=O)[C@@H](C)Oc1ccc(Cl)cc1. The van der Waals surface area contributed by atoms with Crippen LogP contribution in [0.15, 0.2) is 24.3 Å². The molecule has 0 aromatic heterocycles. The van der Waals surface area contributed by atoms with E-state index >= 15 is 0 Å². The number of rotatable bonds is 3. The second-order valence-electron chi connectivity index (χ2n) is 3.41. The van der Waals surface area contributed by atoms with Gasteiger partial charge >= 0.3 is 0 Å². The highest BCUT2D eigenvalue weighted by molar-refractivity contribution is 7.80. The molecule has 0 heterocycles. The van der Waals surface area contributed by atoms with Crippen molar-refractivity contribution in [2.75, 3.05) is 7.05 Å². The number of hydrazine groups is 1. The molecule has 18 heavy (non-hydrogen) atoms. The van der Waals surface area contributed by atoms with E-state index in [-0.39, 0.29) is 5.91 Å². The lowest BCUT2D eigenvalue weighted by atomic mass is 10.3. The maximum absolute atomic E-state index is 11.6. The van der Waals surface area contributed by atoms with Crippen molar-refractivity contribution in [1.29, 1.82) is 0 Å². The van der Waals surface area contributed by atoms with E-state index in [2.05, 4.69) is 16.2 Å². The van der Waals surface area contributed by atoms with Gasteiger partial charge in [0.2, 0.25) is 0 Å². The minimum absolute atomic E-state index is 0.321. The van der Waals surface area contributed by atoms with Gasteiger partial charge in [-0.2, -0.15) is 0 Å². The number of thiocarbonyl (C=S) groups is 1. The predicted molar refractivity (Wildman–Crippen MR) is 74.5 cm³/mol. The lowest BCUT2D eigenvalue weighted by Crippen LogP contribution is -2.49. The summed E-state index contributed by atoms with van der Waals surface area (Å²) >= 11 is 10.6. The van der Waals surface area contributed by atoms with Gasteiger partial charge in [-0.1, -0.05) is 11.6 Å². The molecule has 1 aromatic carbocycles. The van der Waals surface area contributed by atoms with Crippen LogP contribution in [-0.2, 0) is 4.79 Å². The monoisotopic (exact) mass is 287 g/mol. The summed E-state index contributed by atoms with van der Waals surface area (Å²) in [5.74, 6) is 0.237. The predicted octanol–water partition coefficient (Wildman–Crippen LogP) is 1.23. The molecule has 0 saturated carbocycles. The minimum atomic E-state index is -0.654. The highest BCUT2D eigenvalue weighted by Crippen LogP contribution is 2.16. The Labute approximate surface area is 116 Å². The second kappa shape index (κ2) is 7.03. The number of hydrogen-bond donors (Lipinski definition) is 3. The zero-order valence-corrected chi connectivity index (χ0v) is 11.6. The Morgan fingerprint density at radius 2 is 1.94 bits per heavy atom. The van der Waals surface area contributed by atoms with Gasteiger partial charge in [0, 0.05) is 12.1 Å². The molecule has 1 aromatic rings. The van der Waals surface area contributed by atoms with Gasteiger partial charge in [-0.15, -0.1) is 0 Å². The van der Waals surface area contributed by atoms with Crippen molar-refractivity contribution in [2.45, 2.75) is 13.0 Å². The van der Waals surface area contributed by atoms with E-state index in [0.29, 0.717) is 15.9 Å².